The van der Waals surface area contributed by atoms with Gasteiger partial charge in [-0.2, -0.15) is 0 Å². The normalized spacial score (nSPS) is 43.8. The van der Waals surface area contributed by atoms with Crippen molar-refractivity contribution < 1.29 is 18.9 Å². The zero-order valence-electron chi connectivity index (χ0n) is 12.6. The Bertz CT molecular complexity index is 370. The Morgan fingerprint density at radius 1 is 0.857 bits per heavy atom. The molecule has 0 aromatic carbocycles. The van der Waals surface area contributed by atoms with Crippen molar-refractivity contribution in [3.05, 3.63) is 25.3 Å². The molecule has 0 radical (unpaired) electrons. The molecule has 0 aliphatic carbocycles. The molecule has 0 unspecified atom stereocenters. The summed E-state index contributed by atoms with van der Waals surface area (Å²) in [5.74, 6) is 0. The van der Waals surface area contributed by atoms with Crippen LogP contribution in [-0.2, 0) is 18.9 Å². The van der Waals surface area contributed by atoms with Crippen molar-refractivity contribution in [3.8, 4) is 0 Å². The van der Waals surface area contributed by atoms with Crippen molar-refractivity contribution >= 4 is 0 Å². The molecule has 4 heteroatoms. The first-order valence-corrected chi connectivity index (χ1v) is 8.11. The van der Waals surface area contributed by atoms with Crippen molar-refractivity contribution in [1.29, 1.82) is 0 Å². The zero-order chi connectivity index (χ0) is 14.7. The second kappa shape index (κ2) is 7.05. The molecule has 118 valence electrons. The molecule has 21 heavy (non-hydrogen) atoms. The van der Waals surface area contributed by atoms with Crippen LogP contribution >= 0.6 is 0 Å². The first-order chi connectivity index (χ1) is 10.3. The molecule has 0 spiro atoms. The van der Waals surface area contributed by atoms with E-state index in [2.05, 4.69) is 13.2 Å². The maximum absolute atomic E-state index is 6.32. The van der Waals surface area contributed by atoms with Gasteiger partial charge in [0.25, 0.3) is 0 Å². The van der Waals surface area contributed by atoms with Gasteiger partial charge in [0.05, 0.1) is 24.4 Å². The molecule has 0 aromatic rings. The van der Waals surface area contributed by atoms with E-state index in [9.17, 15) is 0 Å². The molecular weight excluding hydrogens is 268 g/mol. The van der Waals surface area contributed by atoms with Gasteiger partial charge in [-0.1, -0.05) is 12.2 Å². The molecule has 0 N–H and O–H groups in total. The highest BCUT2D eigenvalue weighted by Crippen LogP contribution is 2.33. The first-order valence-electron chi connectivity index (χ1n) is 8.11. The molecule has 0 saturated carbocycles. The van der Waals surface area contributed by atoms with Gasteiger partial charge in [-0.05, 0) is 25.7 Å². The minimum atomic E-state index is -0.0552. The largest absolute Gasteiger partial charge is 0.375 e. The van der Waals surface area contributed by atoms with E-state index >= 15 is 0 Å². The van der Waals surface area contributed by atoms with Gasteiger partial charge < -0.3 is 18.9 Å². The fraction of sp³-hybridized carbons (Fsp3) is 0.765. The topological polar surface area (TPSA) is 36.9 Å². The third kappa shape index (κ3) is 3.39. The molecule has 6 atom stereocenters. The molecular formula is C17H26O4. The molecule has 3 aliphatic heterocycles. The van der Waals surface area contributed by atoms with Crippen LogP contribution in [0.1, 0.15) is 32.1 Å². The highest BCUT2D eigenvalue weighted by Gasteiger charge is 2.41. The molecule has 3 rings (SSSR count). The third-order valence-electron chi connectivity index (χ3n) is 4.67. The van der Waals surface area contributed by atoms with Crippen LogP contribution in [0.4, 0.5) is 0 Å². The minimum Gasteiger partial charge on any atom is -0.375 e. The first kappa shape index (κ1) is 15.2. The molecule has 3 aliphatic rings. The molecule has 0 bridgehead atoms. The van der Waals surface area contributed by atoms with Crippen LogP contribution in [0.15, 0.2) is 25.3 Å². The Balaban J connectivity index is 1.64. The zero-order valence-corrected chi connectivity index (χ0v) is 12.6. The number of ether oxygens (including phenoxy) is 4. The van der Waals surface area contributed by atoms with E-state index in [-0.39, 0.29) is 36.6 Å². The lowest BCUT2D eigenvalue weighted by molar-refractivity contribution is -0.221. The number of fused-ring (bicyclic) bond motifs is 1. The lowest BCUT2D eigenvalue weighted by Crippen LogP contribution is -2.52. The summed E-state index contributed by atoms with van der Waals surface area (Å²) in [4.78, 5) is 0. The van der Waals surface area contributed by atoms with Crippen molar-refractivity contribution in [2.75, 3.05) is 13.2 Å². The quantitative estimate of drug-likeness (QED) is 0.747. The van der Waals surface area contributed by atoms with E-state index in [1.165, 1.54) is 0 Å². The highest BCUT2D eigenvalue weighted by atomic mass is 16.6. The summed E-state index contributed by atoms with van der Waals surface area (Å²) >= 11 is 0. The van der Waals surface area contributed by atoms with Crippen LogP contribution < -0.4 is 0 Å². The van der Waals surface area contributed by atoms with Crippen LogP contribution in [-0.4, -0.2) is 49.8 Å². The van der Waals surface area contributed by atoms with Crippen LogP contribution in [0, 0.1) is 0 Å². The predicted octanol–water partition coefficient (Wildman–Crippen LogP) is 2.63. The summed E-state index contributed by atoms with van der Waals surface area (Å²) < 4.78 is 24.0. The monoisotopic (exact) mass is 294 g/mol. The van der Waals surface area contributed by atoms with E-state index in [4.69, 9.17) is 18.9 Å². The maximum atomic E-state index is 6.32. The Hall–Kier alpha value is -0.680. The van der Waals surface area contributed by atoms with Crippen molar-refractivity contribution in [1.82, 2.24) is 0 Å². The van der Waals surface area contributed by atoms with Gasteiger partial charge in [0.1, 0.15) is 12.2 Å². The highest BCUT2D eigenvalue weighted by molar-refractivity contribution is 4.98. The Morgan fingerprint density at radius 2 is 1.62 bits per heavy atom. The van der Waals surface area contributed by atoms with Crippen LogP contribution in [0.25, 0.3) is 0 Å². The summed E-state index contributed by atoms with van der Waals surface area (Å²) in [6, 6.07) is 0. The standard InChI is InChI=1S/C17H26O4/c1-3-12-14(7-5-9-18-12)21-17-11-16-15(8-6-10-19-16)20-13(17)4-2/h3-4,12-17H,1-2,5-11H2/t12-,13+,14+,15-,16+,17-/m1/s1. The lowest BCUT2D eigenvalue weighted by atomic mass is 9.93. The predicted molar refractivity (Wildman–Crippen MR) is 80.3 cm³/mol. The van der Waals surface area contributed by atoms with Crippen molar-refractivity contribution in [2.45, 2.75) is 68.7 Å². The summed E-state index contributed by atoms with van der Waals surface area (Å²) in [5, 5.41) is 0. The number of hydrogen-bond acceptors (Lipinski definition) is 4. The molecule has 0 amide bonds. The molecule has 3 saturated heterocycles. The minimum absolute atomic E-state index is 0.00370. The second-order valence-corrected chi connectivity index (χ2v) is 6.09. The van der Waals surface area contributed by atoms with E-state index in [0.29, 0.717) is 0 Å². The van der Waals surface area contributed by atoms with Gasteiger partial charge in [0.15, 0.2) is 0 Å². The molecule has 0 aromatic heterocycles. The van der Waals surface area contributed by atoms with Gasteiger partial charge in [-0.15, -0.1) is 13.2 Å². The fourth-order valence-corrected chi connectivity index (χ4v) is 3.55. The van der Waals surface area contributed by atoms with Gasteiger partial charge >= 0.3 is 0 Å². The number of rotatable bonds is 4. The molecule has 3 fully saturated rings. The third-order valence-corrected chi connectivity index (χ3v) is 4.67. The van der Waals surface area contributed by atoms with Crippen LogP contribution in [0.5, 0.6) is 0 Å². The smallest absolute Gasteiger partial charge is 0.102 e. The van der Waals surface area contributed by atoms with E-state index in [1.807, 2.05) is 12.2 Å². The Labute approximate surface area is 127 Å². The van der Waals surface area contributed by atoms with Gasteiger partial charge in [-0.25, -0.2) is 0 Å². The Kier molecular flexibility index (Phi) is 5.11. The van der Waals surface area contributed by atoms with Crippen molar-refractivity contribution in [3.63, 3.8) is 0 Å². The average Bonchev–Trinajstić information content (AvgIpc) is 2.54. The van der Waals surface area contributed by atoms with Crippen molar-refractivity contribution in [2.24, 2.45) is 0 Å². The summed E-state index contributed by atoms with van der Waals surface area (Å²) in [5.41, 5.74) is 0. The SMILES string of the molecule is C=C[C@@H]1O[C@@H]2CCCO[C@H]2C[C@H]1O[C@H]1CCCO[C@@H]1C=C. The molecule has 4 nitrogen and oxygen atoms in total. The summed E-state index contributed by atoms with van der Waals surface area (Å²) in [6.07, 6.45) is 9.11. The average molecular weight is 294 g/mol. The summed E-state index contributed by atoms with van der Waals surface area (Å²) in [7, 11) is 0. The Morgan fingerprint density at radius 3 is 2.43 bits per heavy atom. The lowest BCUT2D eigenvalue weighted by Gasteiger charge is -2.44. The van der Waals surface area contributed by atoms with Crippen LogP contribution in [0.3, 0.4) is 0 Å². The maximum Gasteiger partial charge on any atom is 0.102 e. The molecule has 3 heterocycles. The number of hydrogen-bond donors (Lipinski definition) is 0. The summed E-state index contributed by atoms with van der Waals surface area (Å²) in [6.45, 7) is 9.38. The van der Waals surface area contributed by atoms with Crippen LogP contribution in [0.2, 0.25) is 0 Å². The second-order valence-electron chi connectivity index (χ2n) is 6.09. The van der Waals surface area contributed by atoms with E-state index < -0.39 is 0 Å². The van der Waals surface area contributed by atoms with E-state index in [0.717, 1.165) is 45.3 Å². The van der Waals surface area contributed by atoms with Gasteiger partial charge in [-0.3, -0.25) is 0 Å². The fourth-order valence-electron chi connectivity index (χ4n) is 3.55. The van der Waals surface area contributed by atoms with E-state index in [1.54, 1.807) is 0 Å². The van der Waals surface area contributed by atoms with Gasteiger partial charge in [0.2, 0.25) is 0 Å². The van der Waals surface area contributed by atoms with Gasteiger partial charge in [0, 0.05) is 19.6 Å².